The van der Waals surface area contributed by atoms with E-state index in [4.69, 9.17) is 30.8 Å². The second-order valence-electron chi connectivity index (χ2n) is 8.17. The fourth-order valence-electron chi connectivity index (χ4n) is 4.34. The molecule has 2 aliphatic heterocycles. The summed E-state index contributed by atoms with van der Waals surface area (Å²) in [7, 11) is 3.09. The van der Waals surface area contributed by atoms with Gasteiger partial charge in [-0.1, -0.05) is 11.6 Å². The van der Waals surface area contributed by atoms with Gasteiger partial charge in [-0.2, -0.15) is 0 Å². The Balaban J connectivity index is 1.61. The number of benzene rings is 2. The normalized spacial score (nSPS) is 20.1. The fourth-order valence-corrected chi connectivity index (χ4v) is 4.46. The molecule has 1 amide bonds. The molecule has 2 aromatic rings. The molecule has 0 aromatic heterocycles. The van der Waals surface area contributed by atoms with Gasteiger partial charge in [-0.05, 0) is 43.3 Å². The summed E-state index contributed by atoms with van der Waals surface area (Å²) in [6, 6.07) is 12.2. The Morgan fingerprint density at radius 1 is 1.06 bits per heavy atom. The molecule has 0 spiro atoms. The maximum atomic E-state index is 13.2. The number of methoxy groups -OCH3 is 2. The van der Waals surface area contributed by atoms with Gasteiger partial charge in [-0.15, -0.1) is 0 Å². The number of carbonyl (C=O) groups is 2. The molecule has 0 bridgehead atoms. The lowest BCUT2D eigenvalue weighted by Crippen LogP contribution is -2.57. The molecule has 0 unspecified atom stereocenters. The number of nitrogens with one attached hydrogen (secondary N) is 1. The third kappa shape index (κ3) is 5.30. The van der Waals surface area contributed by atoms with Crippen LogP contribution in [0.15, 0.2) is 47.5 Å². The first-order chi connectivity index (χ1) is 16.9. The van der Waals surface area contributed by atoms with Gasteiger partial charge in [0.05, 0.1) is 20.8 Å². The number of amides is 1. The van der Waals surface area contributed by atoms with Crippen molar-refractivity contribution in [1.82, 2.24) is 10.2 Å². The van der Waals surface area contributed by atoms with Gasteiger partial charge in [0.1, 0.15) is 17.5 Å². The molecule has 10 heteroatoms. The summed E-state index contributed by atoms with van der Waals surface area (Å²) in [5, 5.41) is 3.53. The van der Waals surface area contributed by atoms with Crippen LogP contribution in [0, 0.1) is 5.92 Å². The largest absolute Gasteiger partial charge is 0.497 e. The van der Waals surface area contributed by atoms with E-state index in [9.17, 15) is 9.59 Å². The van der Waals surface area contributed by atoms with E-state index in [1.807, 2.05) is 29.2 Å². The quantitative estimate of drug-likeness (QED) is 0.481. The highest BCUT2D eigenvalue weighted by molar-refractivity contribution is 6.30. The number of hydrogen-bond donors (Lipinski definition) is 1. The zero-order chi connectivity index (χ0) is 24.9. The molecule has 2 atom stereocenters. The molecule has 0 saturated carbocycles. The summed E-state index contributed by atoms with van der Waals surface area (Å²) < 4.78 is 16.1. The van der Waals surface area contributed by atoms with Gasteiger partial charge in [-0.3, -0.25) is 14.9 Å². The smallest absolute Gasteiger partial charge is 0.321 e. The summed E-state index contributed by atoms with van der Waals surface area (Å²) >= 11 is 6.01. The summed E-state index contributed by atoms with van der Waals surface area (Å²) in [4.78, 5) is 35.1. The van der Waals surface area contributed by atoms with Gasteiger partial charge in [0.15, 0.2) is 5.92 Å². The van der Waals surface area contributed by atoms with Crippen LogP contribution >= 0.6 is 11.6 Å². The molecule has 1 fully saturated rings. The van der Waals surface area contributed by atoms with Crippen molar-refractivity contribution in [3.8, 4) is 11.5 Å². The number of hydrogen-bond acceptors (Lipinski definition) is 8. The van der Waals surface area contributed by atoms with E-state index in [1.165, 1.54) is 7.11 Å². The molecule has 1 saturated heterocycles. The molecule has 35 heavy (non-hydrogen) atoms. The number of halogens is 1. The molecule has 186 valence electrons. The van der Waals surface area contributed by atoms with Crippen LogP contribution in [0.3, 0.4) is 0 Å². The maximum absolute atomic E-state index is 13.2. The Morgan fingerprint density at radius 2 is 1.74 bits per heavy atom. The van der Waals surface area contributed by atoms with E-state index in [2.05, 4.69) is 10.2 Å². The number of ether oxygens (including phenoxy) is 3. The van der Waals surface area contributed by atoms with Crippen molar-refractivity contribution in [1.29, 1.82) is 0 Å². The van der Waals surface area contributed by atoms with Crippen molar-refractivity contribution >= 4 is 35.1 Å². The molecule has 9 nitrogen and oxygen atoms in total. The summed E-state index contributed by atoms with van der Waals surface area (Å²) in [5.74, 6) is -0.680. The van der Waals surface area contributed by atoms with E-state index in [1.54, 1.807) is 32.2 Å². The van der Waals surface area contributed by atoms with Crippen LogP contribution in [0.2, 0.25) is 5.02 Å². The van der Waals surface area contributed by atoms with E-state index in [-0.39, 0.29) is 6.61 Å². The van der Waals surface area contributed by atoms with Gasteiger partial charge < -0.3 is 24.0 Å². The highest BCUT2D eigenvalue weighted by Gasteiger charge is 2.43. The van der Waals surface area contributed by atoms with Gasteiger partial charge in [0, 0.05) is 48.5 Å². The average Bonchev–Trinajstić information content (AvgIpc) is 2.88. The first kappa shape index (κ1) is 24.7. The van der Waals surface area contributed by atoms with Crippen LogP contribution in [0.5, 0.6) is 11.5 Å². The summed E-state index contributed by atoms with van der Waals surface area (Å²) in [6.45, 7) is 4.66. The molecule has 0 aliphatic carbocycles. The van der Waals surface area contributed by atoms with E-state index in [0.29, 0.717) is 41.1 Å². The zero-order valence-electron chi connectivity index (χ0n) is 20.0. The third-order valence-electron chi connectivity index (χ3n) is 6.17. The highest BCUT2D eigenvalue weighted by atomic mass is 35.5. The summed E-state index contributed by atoms with van der Waals surface area (Å²) in [5.41, 5.74) is 1.70. The summed E-state index contributed by atoms with van der Waals surface area (Å²) in [6.07, 6.45) is 0. The first-order valence-electron chi connectivity index (χ1n) is 11.5. The molecular weight excluding hydrogens is 472 g/mol. The number of rotatable bonds is 6. The number of carbonyl (C=O) groups excluding carboxylic acids is 2. The second kappa shape index (κ2) is 10.9. The van der Waals surface area contributed by atoms with Crippen LogP contribution < -0.4 is 19.7 Å². The maximum Gasteiger partial charge on any atom is 0.321 e. The topological polar surface area (TPSA) is 92.7 Å². The van der Waals surface area contributed by atoms with Gasteiger partial charge in [-0.25, -0.2) is 4.99 Å². The van der Waals surface area contributed by atoms with Crippen LogP contribution in [0.4, 0.5) is 5.69 Å². The highest BCUT2D eigenvalue weighted by Crippen LogP contribution is 2.38. The average molecular weight is 501 g/mol. The predicted octanol–water partition coefficient (Wildman–Crippen LogP) is 2.89. The van der Waals surface area contributed by atoms with Crippen molar-refractivity contribution in [3.63, 3.8) is 0 Å². The van der Waals surface area contributed by atoms with Crippen LogP contribution in [-0.2, 0) is 14.3 Å². The molecule has 1 N–H and O–H groups in total. The molecule has 4 rings (SSSR count). The molecular formula is C25H29ClN4O5. The van der Waals surface area contributed by atoms with Crippen molar-refractivity contribution in [2.24, 2.45) is 10.9 Å². The van der Waals surface area contributed by atoms with Crippen LogP contribution in [-0.4, -0.2) is 69.7 Å². The minimum atomic E-state index is -1.13. The SMILES string of the molecule is CCOC(=O)[C@@H]1C(=O)NC(N2CCN(c3ccc(Cl)cc3)CC2)=N[C@@H]1c1ccc(OC)cc1OC. The molecule has 2 heterocycles. The molecule has 2 aliphatic rings. The van der Waals surface area contributed by atoms with E-state index >= 15 is 0 Å². The Labute approximate surface area is 209 Å². The molecule has 0 radical (unpaired) electrons. The first-order valence-corrected chi connectivity index (χ1v) is 11.9. The third-order valence-corrected chi connectivity index (χ3v) is 6.42. The van der Waals surface area contributed by atoms with Gasteiger partial charge >= 0.3 is 5.97 Å². The van der Waals surface area contributed by atoms with Crippen LogP contribution in [0.1, 0.15) is 18.5 Å². The standard InChI is InChI=1S/C25H29ClN4O5/c1-4-35-24(32)21-22(19-10-9-18(33-2)15-20(19)34-3)27-25(28-23(21)31)30-13-11-29(12-14-30)17-7-5-16(26)6-8-17/h5-10,15,21-22H,4,11-14H2,1-3H3,(H,27,28,31)/t21-,22+/m0/s1. The second-order valence-corrected chi connectivity index (χ2v) is 8.61. The zero-order valence-corrected chi connectivity index (χ0v) is 20.7. The van der Waals surface area contributed by atoms with Crippen LogP contribution in [0.25, 0.3) is 0 Å². The lowest BCUT2D eigenvalue weighted by molar-refractivity contribution is -0.153. The van der Waals surface area contributed by atoms with Crippen molar-refractivity contribution in [2.45, 2.75) is 13.0 Å². The minimum Gasteiger partial charge on any atom is -0.497 e. The van der Waals surface area contributed by atoms with Crippen molar-refractivity contribution < 1.29 is 23.8 Å². The Hall–Kier alpha value is -3.46. The number of piperazine rings is 1. The monoisotopic (exact) mass is 500 g/mol. The van der Waals surface area contributed by atoms with Gasteiger partial charge in [0.25, 0.3) is 0 Å². The number of esters is 1. The Morgan fingerprint density at radius 3 is 2.37 bits per heavy atom. The Kier molecular flexibility index (Phi) is 7.65. The van der Waals surface area contributed by atoms with Gasteiger partial charge in [0.2, 0.25) is 11.9 Å². The molecule has 2 aromatic carbocycles. The number of anilines is 1. The van der Waals surface area contributed by atoms with Crippen molar-refractivity contribution in [3.05, 3.63) is 53.1 Å². The van der Waals surface area contributed by atoms with E-state index in [0.717, 1.165) is 18.8 Å². The number of guanidine groups is 1. The number of nitrogens with zero attached hydrogens (tertiary/aromatic N) is 3. The minimum absolute atomic E-state index is 0.165. The van der Waals surface area contributed by atoms with Crippen molar-refractivity contribution in [2.75, 3.05) is 51.9 Å². The predicted molar refractivity (Wildman–Crippen MR) is 133 cm³/mol. The lowest BCUT2D eigenvalue weighted by Gasteiger charge is -2.39. The lowest BCUT2D eigenvalue weighted by atomic mass is 9.90. The number of aliphatic imine (C=N–C) groups is 1. The van der Waals surface area contributed by atoms with E-state index < -0.39 is 23.8 Å². The Bertz CT molecular complexity index is 1100. The fraction of sp³-hybridized carbons (Fsp3) is 0.400.